The fourth-order valence-electron chi connectivity index (χ4n) is 3.22. The van der Waals surface area contributed by atoms with Crippen LogP contribution in [0.5, 0.6) is 0 Å². The van der Waals surface area contributed by atoms with Gasteiger partial charge in [-0.25, -0.2) is 0 Å². The summed E-state index contributed by atoms with van der Waals surface area (Å²) in [5.41, 5.74) is 7.81. The van der Waals surface area contributed by atoms with E-state index in [-0.39, 0.29) is 17.4 Å². The zero-order chi connectivity index (χ0) is 15.6. The molecule has 1 saturated heterocycles. The number of piperidine rings is 1. The van der Waals surface area contributed by atoms with Crippen LogP contribution in [0.2, 0.25) is 0 Å². The molecule has 0 aliphatic carbocycles. The van der Waals surface area contributed by atoms with Crippen LogP contribution in [0, 0.1) is 5.92 Å². The summed E-state index contributed by atoms with van der Waals surface area (Å²) in [5.74, 6) is 0.795. The lowest BCUT2D eigenvalue weighted by molar-refractivity contribution is 0.0571. The van der Waals surface area contributed by atoms with Crippen molar-refractivity contribution in [2.45, 2.75) is 52.0 Å². The molecule has 1 aliphatic heterocycles. The monoisotopic (exact) mass is 288 g/mol. The summed E-state index contributed by atoms with van der Waals surface area (Å²) in [7, 11) is 0. The van der Waals surface area contributed by atoms with Gasteiger partial charge in [-0.2, -0.15) is 0 Å². The van der Waals surface area contributed by atoms with Gasteiger partial charge in [0.05, 0.1) is 0 Å². The highest BCUT2D eigenvalue weighted by Crippen LogP contribution is 2.29. The Labute approximate surface area is 128 Å². The molecule has 3 nitrogen and oxygen atoms in total. The van der Waals surface area contributed by atoms with Gasteiger partial charge in [0.15, 0.2) is 0 Å². The minimum Gasteiger partial charge on any atom is -0.334 e. The van der Waals surface area contributed by atoms with Crippen molar-refractivity contribution in [1.29, 1.82) is 0 Å². The van der Waals surface area contributed by atoms with Crippen molar-refractivity contribution >= 4 is 5.91 Å². The van der Waals surface area contributed by atoms with E-state index in [9.17, 15) is 4.79 Å². The Balaban J connectivity index is 2.32. The SMILES string of the molecule is CC1CCN(C(=O)c2ccccc2C(C)(C)C)C(CN)C1. The number of rotatable bonds is 2. The highest BCUT2D eigenvalue weighted by Gasteiger charge is 2.31. The van der Waals surface area contributed by atoms with Gasteiger partial charge < -0.3 is 10.6 Å². The number of carbonyl (C=O) groups excluding carboxylic acids is 1. The van der Waals surface area contributed by atoms with Gasteiger partial charge in [-0.05, 0) is 35.8 Å². The molecular weight excluding hydrogens is 260 g/mol. The lowest BCUT2D eigenvalue weighted by atomic mass is 9.83. The summed E-state index contributed by atoms with van der Waals surface area (Å²) in [5, 5.41) is 0. The number of hydrogen-bond donors (Lipinski definition) is 1. The van der Waals surface area contributed by atoms with Gasteiger partial charge in [0.2, 0.25) is 0 Å². The number of nitrogens with zero attached hydrogens (tertiary/aromatic N) is 1. The van der Waals surface area contributed by atoms with Crippen LogP contribution >= 0.6 is 0 Å². The van der Waals surface area contributed by atoms with Crippen LogP contribution < -0.4 is 5.73 Å². The fraction of sp³-hybridized carbons (Fsp3) is 0.611. The van der Waals surface area contributed by atoms with Gasteiger partial charge in [-0.3, -0.25) is 4.79 Å². The molecule has 1 aromatic rings. The Morgan fingerprint density at radius 2 is 2.00 bits per heavy atom. The molecule has 21 heavy (non-hydrogen) atoms. The van der Waals surface area contributed by atoms with E-state index in [4.69, 9.17) is 5.73 Å². The summed E-state index contributed by atoms with van der Waals surface area (Å²) < 4.78 is 0. The average molecular weight is 288 g/mol. The minimum atomic E-state index is -0.0342. The second-order valence-electron chi connectivity index (χ2n) is 7.31. The number of hydrogen-bond acceptors (Lipinski definition) is 2. The number of benzene rings is 1. The first-order valence-electron chi connectivity index (χ1n) is 7.95. The summed E-state index contributed by atoms with van der Waals surface area (Å²) in [6.07, 6.45) is 2.08. The normalized spacial score (nSPS) is 23.2. The summed E-state index contributed by atoms with van der Waals surface area (Å²) in [4.78, 5) is 15.0. The molecule has 0 radical (unpaired) electrons. The molecule has 1 heterocycles. The first-order chi connectivity index (χ1) is 9.84. The van der Waals surface area contributed by atoms with Crippen molar-refractivity contribution < 1.29 is 4.79 Å². The molecule has 0 aromatic heterocycles. The predicted octanol–water partition coefficient (Wildman–Crippen LogP) is 3.18. The molecule has 2 unspecified atom stereocenters. The second-order valence-corrected chi connectivity index (χ2v) is 7.31. The molecule has 0 bridgehead atoms. The first-order valence-corrected chi connectivity index (χ1v) is 7.95. The van der Waals surface area contributed by atoms with Crippen LogP contribution in [0.3, 0.4) is 0 Å². The third kappa shape index (κ3) is 3.46. The van der Waals surface area contributed by atoms with Crippen molar-refractivity contribution in [2.24, 2.45) is 11.7 Å². The summed E-state index contributed by atoms with van der Waals surface area (Å²) >= 11 is 0. The lowest BCUT2D eigenvalue weighted by Crippen LogP contribution is -2.49. The highest BCUT2D eigenvalue weighted by molar-refractivity contribution is 5.96. The van der Waals surface area contributed by atoms with Crippen molar-refractivity contribution in [3.8, 4) is 0 Å². The van der Waals surface area contributed by atoms with Crippen molar-refractivity contribution in [3.05, 3.63) is 35.4 Å². The van der Waals surface area contributed by atoms with E-state index >= 15 is 0 Å². The van der Waals surface area contributed by atoms with Crippen molar-refractivity contribution in [3.63, 3.8) is 0 Å². The molecule has 3 heteroatoms. The average Bonchev–Trinajstić information content (AvgIpc) is 2.45. The maximum atomic E-state index is 13.0. The van der Waals surface area contributed by atoms with Crippen molar-refractivity contribution in [1.82, 2.24) is 4.90 Å². The quantitative estimate of drug-likeness (QED) is 0.908. The Bertz CT molecular complexity index is 504. The van der Waals surface area contributed by atoms with Gasteiger partial charge in [-0.1, -0.05) is 45.9 Å². The third-order valence-electron chi connectivity index (χ3n) is 4.48. The third-order valence-corrected chi connectivity index (χ3v) is 4.48. The predicted molar refractivity (Wildman–Crippen MR) is 87.4 cm³/mol. The molecule has 1 aromatic carbocycles. The summed E-state index contributed by atoms with van der Waals surface area (Å²) in [6, 6.07) is 8.16. The molecule has 2 atom stereocenters. The molecule has 1 aliphatic rings. The van der Waals surface area contributed by atoms with Gasteiger partial charge in [0.25, 0.3) is 5.91 Å². The maximum absolute atomic E-state index is 13.0. The molecule has 0 saturated carbocycles. The van der Waals surface area contributed by atoms with Crippen LogP contribution in [-0.4, -0.2) is 29.9 Å². The smallest absolute Gasteiger partial charge is 0.254 e. The van der Waals surface area contributed by atoms with Gasteiger partial charge in [-0.15, -0.1) is 0 Å². The Morgan fingerprint density at radius 1 is 1.33 bits per heavy atom. The molecule has 2 N–H and O–H groups in total. The molecular formula is C18H28N2O. The van der Waals surface area contributed by atoms with E-state index in [1.165, 1.54) is 0 Å². The number of carbonyl (C=O) groups is 1. The molecule has 116 valence electrons. The number of nitrogens with two attached hydrogens (primary N) is 1. The molecule has 2 rings (SSSR count). The van der Waals surface area contributed by atoms with E-state index in [1.807, 2.05) is 23.1 Å². The molecule has 0 spiro atoms. The lowest BCUT2D eigenvalue weighted by Gasteiger charge is -2.39. The van der Waals surface area contributed by atoms with E-state index in [2.05, 4.69) is 33.8 Å². The Kier molecular flexibility index (Phi) is 4.72. The second kappa shape index (κ2) is 6.18. The first kappa shape index (κ1) is 16.0. The number of amides is 1. The zero-order valence-corrected chi connectivity index (χ0v) is 13.7. The van der Waals surface area contributed by atoms with Crippen LogP contribution in [0.4, 0.5) is 0 Å². The minimum absolute atomic E-state index is 0.0342. The molecule has 1 fully saturated rings. The topological polar surface area (TPSA) is 46.3 Å². The van der Waals surface area contributed by atoms with Crippen molar-refractivity contribution in [2.75, 3.05) is 13.1 Å². The molecule has 1 amide bonds. The van der Waals surface area contributed by atoms with Crippen LogP contribution in [0.25, 0.3) is 0 Å². The Morgan fingerprint density at radius 3 is 2.62 bits per heavy atom. The summed E-state index contributed by atoms with van der Waals surface area (Å²) in [6.45, 7) is 10.1. The fourth-order valence-corrected chi connectivity index (χ4v) is 3.22. The van der Waals surface area contributed by atoms with Gasteiger partial charge in [0, 0.05) is 24.7 Å². The van der Waals surface area contributed by atoms with E-state index in [0.717, 1.165) is 30.5 Å². The van der Waals surface area contributed by atoms with E-state index in [1.54, 1.807) is 0 Å². The van der Waals surface area contributed by atoms with Crippen LogP contribution in [-0.2, 0) is 5.41 Å². The van der Waals surface area contributed by atoms with Gasteiger partial charge in [0.1, 0.15) is 0 Å². The highest BCUT2D eigenvalue weighted by atomic mass is 16.2. The van der Waals surface area contributed by atoms with Gasteiger partial charge >= 0.3 is 0 Å². The largest absolute Gasteiger partial charge is 0.334 e. The van der Waals surface area contributed by atoms with Crippen LogP contribution in [0.15, 0.2) is 24.3 Å². The Hall–Kier alpha value is -1.35. The zero-order valence-electron chi connectivity index (χ0n) is 13.7. The van der Waals surface area contributed by atoms with E-state index < -0.39 is 0 Å². The van der Waals surface area contributed by atoms with Crippen LogP contribution in [0.1, 0.15) is 56.5 Å². The van der Waals surface area contributed by atoms with E-state index in [0.29, 0.717) is 12.5 Å². The standard InChI is InChI=1S/C18H28N2O/c1-13-9-10-20(14(11-13)12-19)17(21)15-7-5-6-8-16(15)18(2,3)4/h5-8,13-14H,9-12,19H2,1-4H3. The maximum Gasteiger partial charge on any atom is 0.254 e. The number of likely N-dealkylation sites (tertiary alicyclic amines) is 1.